The van der Waals surface area contributed by atoms with E-state index in [0.717, 1.165) is 38.3 Å². The van der Waals surface area contributed by atoms with Crippen molar-refractivity contribution in [3.8, 4) is 5.75 Å². The van der Waals surface area contributed by atoms with Gasteiger partial charge in [-0.25, -0.2) is 4.39 Å². The summed E-state index contributed by atoms with van der Waals surface area (Å²) in [6.07, 6.45) is 2.09. The molecule has 1 fully saturated rings. The molecule has 0 amide bonds. The molecule has 0 unspecified atom stereocenters. The van der Waals surface area contributed by atoms with Gasteiger partial charge in [-0.05, 0) is 18.8 Å². The van der Waals surface area contributed by atoms with Crippen LogP contribution in [-0.4, -0.2) is 26.9 Å². The molecule has 1 saturated heterocycles. The van der Waals surface area contributed by atoms with Gasteiger partial charge < -0.3 is 20.5 Å². The molecule has 1 heterocycles. The Hall–Kier alpha value is -1.49. The van der Waals surface area contributed by atoms with E-state index in [-0.39, 0.29) is 5.75 Å². The second-order valence-corrected chi connectivity index (χ2v) is 4.51. The Labute approximate surface area is 106 Å². The Bertz CT molecular complexity index is 406. The van der Waals surface area contributed by atoms with Gasteiger partial charge in [0.25, 0.3) is 0 Å². The van der Waals surface area contributed by atoms with Gasteiger partial charge in [0, 0.05) is 31.9 Å². The molecule has 1 aliphatic heterocycles. The van der Waals surface area contributed by atoms with Crippen molar-refractivity contribution < 1.29 is 13.9 Å². The molecule has 100 valence electrons. The average Bonchev–Trinajstić information content (AvgIpc) is 2.39. The fraction of sp³-hybridized carbons (Fsp3) is 0.538. The third-order valence-corrected chi connectivity index (χ3v) is 3.25. The first-order valence-electron chi connectivity index (χ1n) is 6.15. The first-order chi connectivity index (χ1) is 8.70. The minimum absolute atomic E-state index is 0.207. The lowest BCUT2D eigenvalue weighted by atomic mass is 10.0. The molecule has 2 rings (SSSR count). The van der Waals surface area contributed by atoms with Crippen molar-refractivity contribution in [3.05, 3.63) is 17.9 Å². The first kappa shape index (κ1) is 13.0. The topological polar surface area (TPSA) is 56.5 Å². The second-order valence-electron chi connectivity index (χ2n) is 4.51. The third-order valence-electron chi connectivity index (χ3n) is 3.25. The molecule has 0 aliphatic carbocycles. The van der Waals surface area contributed by atoms with Gasteiger partial charge >= 0.3 is 0 Å². The molecular weight excluding hydrogens is 235 g/mol. The number of nitrogens with one attached hydrogen (secondary N) is 1. The molecule has 0 atom stereocenters. The Balaban J connectivity index is 1.99. The molecule has 1 aromatic carbocycles. The summed E-state index contributed by atoms with van der Waals surface area (Å²) in [5.74, 6) is 0.347. The largest absolute Gasteiger partial charge is 0.494 e. The lowest BCUT2D eigenvalue weighted by molar-refractivity contribution is 0.0699. The van der Waals surface area contributed by atoms with E-state index in [0.29, 0.717) is 11.6 Å². The average molecular weight is 254 g/mol. The molecule has 18 heavy (non-hydrogen) atoms. The van der Waals surface area contributed by atoms with E-state index in [1.165, 1.54) is 13.2 Å². The fourth-order valence-electron chi connectivity index (χ4n) is 2.08. The van der Waals surface area contributed by atoms with Gasteiger partial charge in [0.15, 0.2) is 11.6 Å². The van der Waals surface area contributed by atoms with Crippen LogP contribution in [-0.2, 0) is 4.74 Å². The maximum atomic E-state index is 13.4. The highest BCUT2D eigenvalue weighted by Gasteiger charge is 2.14. The summed E-state index contributed by atoms with van der Waals surface area (Å²) < 4.78 is 23.6. The fourth-order valence-corrected chi connectivity index (χ4v) is 2.08. The number of ether oxygens (including phenoxy) is 2. The zero-order valence-electron chi connectivity index (χ0n) is 10.5. The van der Waals surface area contributed by atoms with Crippen molar-refractivity contribution in [1.82, 2.24) is 0 Å². The molecule has 0 saturated carbocycles. The van der Waals surface area contributed by atoms with Gasteiger partial charge in [-0.3, -0.25) is 0 Å². The number of halogens is 1. The quantitative estimate of drug-likeness (QED) is 0.809. The van der Waals surface area contributed by atoms with Crippen LogP contribution in [0.4, 0.5) is 15.8 Å². The molecule has 0 spiro atoms. The number of nitrogen functional groups attached to an aromatic ring is 1. The third kappa shape index (κ3) is 3.04. The van der Waals surface area contributed by atoms with Crippen LogP contribution >= 0.6 is 0 Å². The first-order valence-corrected chi connectivity index (χ1v) is 6.15. The monoisotopic (exact) mass is 254 g/mol. The van der Waals surface area contributed by atoms with E-state index in [9.17, 15) is 4.39 Å². The van der Waals surface area contributed by atoms with Crippen LogP contribution in [0, 0.1) is 11.7 Å². The van der Waals surface area contributed by atoms with Crippen molar-refractivity contribution in [1.29, 1.82) is 0 Å². The highest BCUT2D eigenvalue weighted by atomic mass is 19.1. The molecular formula is C13H19FN2O2. The summed E-state index contributed by atoms with van der Waals surface area (Å²) in [5, 5.41) is 3.26. The summed E-state index contributed by atoms with van der Waals surface area (Å²) in [7, 11) is 1.44. The van der Waals surface area contributed by atoms with Gasteiger partial charge in [-0.1, -0.05) is 0 Å². The summed E-state index contributed by atoms with van der Waals surface area (Å²) in [6.45, 7) is 2.45. The molecule has 0 radical (unpaired) electrons. The predicted octanol–water partition coefficient (Wildman–Crippen LogP) is 2.25. The maximum Gasteiger partial charge on any atom is 0.167 e. The van der Waals surface area contributed by atoms with E-state index in [1.54, 1.807) is 6.07 Å². The Morgan fingerprint density at radius 2 is 2.17 bits per heavy atom. The SMILES string of the molecule is COc1cc(NCC2CCOCC2)c(N)cc1F. The molecule has 0 bridgehead atoms. The van der Waals surface area contributed by atoms with Crippen molar-refractivity contribution in [2.24, 2.45) is 5.92 Å². The number of rotatable bonds is 4. The van der Waals surface area contributed by atoms with Gasteiger partial charge in [0.1, 0.15) is 0 Å². The lowest BCUT2D eigenvalue weighted by Crippen LogP contribution is -2.23. The number of nitrogens with two attached hydrogens (primary N) is 1. The summed E-state index contributed by atoms with van der Waals surface area (Å²) >= 11 is 0. The van der Waals surface area contributed by atoms with Crippen molar-refractivity contribution >= 4 is 11.4 Å². The van der Waals surface area contributed by atoms with Gasteiger partial charge in [-0.15, -0.1) is 0 Å². The van der Waals surface area contributed by atoms with Gasteiger partial charge in [0.05, 0.1) is 18.5 Å². The minimum atomic E-state index is -0.438. The predicted molar refractivity (Wildman–Crippen MR) is 69.4 cm³/mol. The zero-order valence-corrected chi connectivity index (χ0v) is 10.5. The molecule has 1 aliphatic rings. The Morgan fingerprint density at radius 3 is 2.83 bits per heavy atom. The highest BCUT2D eigenvalue weighted by molar-refractivity contribution is 5.68. The van der Waals surface area contributed by atoms with E-state index >= 15 is 0 Å². The molecule has 5 heteroatoms. The van der Waals surface area contributed by atoms with E-state index in [1.807, 2.05) is 0 Å². The van der Waals surface area contributed by atoms with Crippen LogP contribution in [0.1, 0.15) is 12.8 Å². The van der Waals surface area contributed by atoms with E-state index < -0.39 is 5.82 Å². The summed E-state index contributed by atoms with van der Waals surface area (Å²) in [6, 6.07) is 2.88. The number of hydrogen-bond donors (Lipinski definition) is 2. The number of benzene rings is 1. The number of methoxy groups -OCH3 is 1. The minimum Gasteiger partial charge on any atom is -0.494 e. The van der Waals surface area contributed by atoms with Crippen LogP contribution < -0.4 is 15.8 Å². The normalized spacial score (nSPS) is 16.6. The van der Waals surface area contributed by atoms with Crippen LogP contribution in [0.2, 0.25) is 0 Å². The van der Waals surface area contributed by atoms with Crippen LogP contribution in [0.15, 0.2) is 12.1 Å². The lowest BCUT2D eigenvalue weighted by Gasteiger charge is -2.23. The Morgan fingerprint density at radius 1 is 1.44 bits per heavy atom. The van der Waals surface area contributed by atoms with E-state index in [4.69, 9.17) is 15.2 Å². The van der Waals surface area contributed by atoms with E-state index in [2.05, 4.69) is 5.32 Å². The molecule has 3 N–H and O–H groups in total. The van der Waals surface area contributed by atoms with Gasteiger partial charge in [-0.2, -0.15) is 0 Å². The molecule has 4 nitrogen and oxygen atoms in total. The standard InChI is InChI=1S/C13H19FN2O2/c1-17-13-7-12(11(15)6-10(13)14)16-8-9-2-4-18-5-3-9/h6-7,9,16H,2-5,8,15H2,1H3. The highest BCUT2D eigenvalue weighted by Crippen LogP contribution is 2.28. The van der Waals surface area contributed by atoms with Crippen molar-refractivity contribution in [2.75, 3.05) is 37.9 Å². The smallest absolute Gasteiger partial charge is 0.167 e. The maximum absolute atomic E-state index is 13.4. The second kappa shape index (κ2) is 5.91. The zero-order chi connectivity index (χ0) is 13.0. The van der Waals surface area contributed by atoms with Gasteiger partial charge in [0.2, 0.25) is 0 Å². The Kier molecular flexibility index (Phi) is 4.25. The molecule has 0 aromatic heterocycles. The van der Waals surface area contributed by atoms with Crippen molar-refractivity contribution in [3.63, 3.8) is 0 Å². The molecule has 1 aromatic rings. The van der Waals surface area contributed by atoms with Crippen LogP contribution in [0.3, 0.4) is 0 Å². The summed E-state index contributed by atoms with van der Waals surface area (Å²) in [4.78, 5) is 0. The summed E-state index contributed by atoms with van der Waals surface area (Å²) in [5.41, 5.74) is 6.90. The number of anilines is 2. The van der Waals surface area contributed by atoms with Crippen LogP contribution in [0.5, 0.6) is 5.75 Å². The van der Waals surface area contributed by atoms with Crippen molar-refractivity contribution in [2.45, 2.75) is 12.8 Å². The van der Waals surface area contributed by atoms with Crippen LogP contribution in [0.25, 0.3) is 0 Å². The number of hydrogen-bond acceptors (Lipinski definition) is 4.